The van der Waals surface area contributed by atoms with Crippen molar-refractivity contribution >= 4 is 23.5 Å². The second-order valence-electron chi connectivity index (χ2n) is 3.43. The van der Waals surface area contributed by atoms with Gasteiger partial charge in [-0.15, -0.1) is 0 Å². The van der Waals surface area contributed by atoms with E-state index in [2.05, 4.69) is 19.2 Å². The Morgan fingerprint density at radius 3 is 2.21 bits per heavy atom. The maximum atomic E-state index is 11.7. The molecule has 0 saturated carbocycles. The largest absolute Gasteiger partial charge is 0.441 e. The van der Waals surface area contributed by atoms with Crippen molar-refractivity contribution in [3.8, 4) is 0 Å². The van der Waals surface area contributed by atoms with Gasteiger partial charge in [-0.2, -0.15) is 24.9 Å². The molecule has 0 bridgehead atoms. The lowest BCUT2D eigenvalue weighted by Crippen LogP contribution is -2.33. The Kier molecular flexibility index (Phi) is 6.32. The molecule has 0 aliphatic rings. The van der Waals surface area contributed by atoms with Crippen molar-refractivity contribution < 1.29 is 13.2 Å². The Bertz CT molecular complexity index is 159. The molecule has 0 fully saturated rings. The highest BCUT2D eigenvalue weighted by Gasteiger charge is 2.27. The first-order valence-electron chi connectivity index (χ1n) is 4.23. The summed E-state index contributed by atoms with van der Waals surface area (Å²) in [6.45, 7) is 5.24. The molecule has 86 valence electrons. The highest BCUT2D eigenvalue weighted by molar-refractivity contribution is 8.00. The zero-order chi connectivity index (χ0) is 11.2. The minimum Gasteiger partial charge on any atom is -0.315 e. The average Bonchev–Trinajstić information content (AvgIpc) is 2.01. The fourth-order valence-electron chi connectivity index (χ4n) is 0.701. The van der Waals surface area contributed by atoms with Crippen LogP contribution in [-0.4, -0.2) is 35.4 Å². The monoisotopic (exact) mass is 247 g/mol. The molecular weight excluding hydrogens is 231 g/mol. The first-order chi connectivity index (χ1) is 6.27. The van der Waals surface area contributed by atoms with Crippen molar-refractivity contribution in [1.29, 1.82) is 0 Å². The predicted molar refractivity (Wildman–Crippen MR) is 59.0 cm³/mol. The number of alkyl halides is 3. The van der Waals surface area contributed by atoms with Gasteiger partial charge in [0.15, 0.2) is 0 Å². The molecule has 0 aromatic carbocycles. The Hall–Kier alpha value is 0.450. The van der Waals surface area contributed by atoms with Gasteiger partial charge in [0.2, 0.25) is 0 Å². The molecule has 14 heavy (non-hydrogen) atoms. The maximum absolute atomic E-state index is 11.7. The molecule has 0 unspecified atom stereocenters. The summed E-state index contributed by atoms with van der Waals surface area (Å²) in [6, 6.07) is 0. The lowest BCUT2D eigenvalue weighted by atomic mass is 10.2. The molecule has 0 atom stereocenters. The molecule has 0 rings (SSSR count). The lowest BCUT2D eigenvalue weighted by molar-refractivity contribution is -0.0327. The van der Waals surface area contributed by atoms with E-state index in [1.54, 1.807) is 11.8 Å². The summed E-state index contributed by atoms with van der Waals surface area (Å²) in [5.41, 5.74) is -4.10. The van der Waals surface area contributed by atoms with Crippen LogP contribution in [0.15, 0.2) is 0 Å². The van der Waals surface area contributed by atoms with Crippen LogP contribution in [0, 0.1) is 0 Å². The third-order valence-corrected chi connectivity index (χ3v) is 3.63. The Morgan fingerprint density at radius 1 is 1.21 bits per heavy atom. The highest BCUT2D eigenvalue weighted by atomic mass is 32.2. The van der Waals surface area contributed by atoms with Gasteiger partial charge in [-0.1, -0.05) is 0 Å². The summed E-state index contributed by atoms with van der Waals surface area (Å²) in [7, 11) is 0. The van der Waals surface area contributed by atoms with E-state index >= 15 is 0 Å². The van der Waals surface area contributed by atoms with Crippen LogP contribution in [0.1, 0.15) is 13.8 Å². The van der Waals surface area contributed by atoms with E-state index in [9.17, 15) is 13.2 Å². The quantitative estimate of drug-likeness (QED) is 0.725. The molecule has 0 aliphatic carbocycles. The van der Waals surface area contributed by atoms with Crippen LogP contribution in [0.4, 0.5) is 13.2 Å². The summed E-state index contributed by atoms with van der Waals surface area (Å²) >= 11 is 1.72. The molecule has 0 aromatic heterocycles. The predicted octanol–water partition coefficient (Wildman–Crippen LogP) is 2.97. The molecule has 0 saturated heterocycles. The average molecular weight is 247 g/mol. The van der Waals surface area contributed by atoms with Crippen LogP contribution in [0.5, 0.6) is 0 Å². The van der Waals surface area contributed by atoms with E-state index in [1.807, 2.05) is 6.26 Å². The standard InChI is InChI=1S/C8H16F3NS2/c1-7(2,13-3)6-12-4-5-14-8(9,10)11/h12H,4-6H2,1-3H3. The molecule has 0 heterocycles. The van der Waals surface area contributed by atoms with Gasteiger partial charge in [0.25, 0.3) is 0 Å². The number of hydrogen-bond donors (Lipinski definition) is 1. The number of hydrogen-bond acceptors (Lipinski definition) is 3. The van der Waals surface area contributed by atoms with Gasteiger partial charge >= 0.3 is 5.51 Å². The molecule has 0 radical (unpaired) electrons. The molecule has 6 heteroatoms. The zero-order valence-electron chi connectivity index (χ0n) is 8.57. The minimum absolute atomic E-state index is 0.0224. The van der Waals surface area contributed by atoms with Crippen molar-refractivity contribution in [1.82, 2.24) is 5.32 Å². The van der Waals surface area contributed by atoms with Crippen LogP contribution >= 0.6 is 23.5 Å². The molecule has 0 amide bonds. The van der Waals surface area contributed by atoms with E-state index in [0.29, 0.717) is 6.54 Å². The first-order valence-corrected chi connectivity index (χ1v) is 6.44. The van der Waals surface area contributed by atoms with Gasteiger partial charge in [0, 0.05) is 23.6 Å². The molecule has 1 N–H and O–H groups in total. The zero-order valence-corrected chi connectivity index (χ0v) is 10.2. The fourth-order valence-corrected chi connectivity index (χ4v) is 1.42. The van der Waals surface area contributed by atoms with Crippen molar-refractivity contribution in [2.24, 2.45) is 0 Å². The summed E-state index contributed by atoms with van der Waals surface area (Å²) < 4.78 is 35.2. The smallest absolute Gasteiger partial charge is 0.315 e. The summed E-state index contributed by atoms with van der Waals surface area (Å²) in [4.78, 5) is 0. The maximum Gasteiger partial charge on any atom is 0.441 e. The topological polar surface area (TPSA) is 12.0 Å². The van der Waals surface area contributed by atoms with Crippen molar-refractivity contribution in [3.05, 3.63) is 0 Å². The van der Waals surface area contributed by atoms with Gasteiger partial charge in [0.05, 0.1) is 0 Å². The van der Waals surface area contributed by atoms with Crippen LogP contribution in [0.3, 0.4) is 0 Å². The third-order valence-electron chi connectivity index (χ3n) is 1.65. The first kappa shape index (κ1) is 14.5. The second kappa shape index (κ2) is 6.12. The van der Waals surface area contributed by atoms with Crippen LogP contribution in [-0.2, 0) is 0 Å². The lowest BCUT2D eigenvalue weighted by Gasteiger charge is -2.22. The van der Waals surface area contributed by atoms with E-state index in [4.69, 9.17) is 0 Å². The second-order valence-corrected chi connectivity index (χ2v) is 6.11. The molecule has 0 aliphatic heterocycles. The van der Waals surface area contributed by atoms with Gasteiger partial charge < -0.3 is 5.32 Å². The summed E-state index contributed by atoms with van der Waals surface area (Å²) in [5.74, 6) is 0.0773. The highest BCUT2D eigenvalue weighted by Crippen LogP contribution is 2.29. The molecule has 0 spiro atoms. The Labute approximate surface area is 91.6 Å². The van der Waals surface area contributed by atoms with E-state index in [0.717, 1.165) is 6.54 Å². The number of thioether (sulfide) groups is 2. The fraction of sp³-hybridized carbons (Fsp3) is 1.00. The van der Waals surface area contributed by atoms with Crippen LogP contribution in [0.2, 0.25) is 0 Å². The SMILES string of the molecule is CSC(C)(C)CNCCSC(F)(F)F. The normalized spacial score (nSPS) is 13.3. The number of nitrogens with one attached hydrogen (secondary N) is 1. The third kappa shape index (κ3) is 9.02. The van der Waals surface area contributed by atoms with E-state index in [-0.39, 0.29) is 22.3 Å². The van der Waals surface area contributed by atoms with Crippen molar-refractivity contribution in [2.45, 2.75) is 24.1 Å². The number of halogens is 3. The summed E-state index contributed by atoms with van der Waals surface area (Å²) in [6.07, 6.45) is 1.99. The van der Waals surface area contributed by atoms with Gasteiger partial charge in [-0.3, -0.25) is 0 Å². The Balaban J connectivity index is 3.39. The van der Waals surface area contributed by atoms with Crippen molar-refractivity contribution in [3.63, 3.8) is 0 Å². The Morgan fingerprint density at radius 2 is 1.79 bits per heavy atom. The van der Waals surface area contributed by atoms with Crippen molar-refractivity contribution in [2.75, 3.05) is 25.1 Å². The van der Waals surface area contributed by atoms with Gasteiger partial charge in [0.1, 0.15) is 0 Å². The van der Waals surface area contributed by atoms with Crippen LogP contribution < -0.4 is 5.32 Å². The van der Waals surface area contributed by atoms with Gasteiger partial charge in [-0.05, 0) is 31.9 Å². The molecule has 1 nitrogen and oxygen atoms in total. The molecular formula is C8H16F3NS2. The van der Waals surface area contributed by atoms with E-state index in [1.165, 1.54) is 0 Å². The van der Waals surface area contributed by atoms with Gasteiger partial charge in [-0.25, -0.2) is 0 Å². The summed E-state index contributed by atoms with van der Waals surface area (Å²) in [5, 5.41) is 3.01. The van der Waals surface area contributed by atoms with E-state index < -0.39 is 5.51 Å². The molecule has 0 aromatic rings. The number of rotatable bonds is 6. The van der Waals surface area contributed by atoms with Crippen LogP contribution in [0.25, 0.3) is 0 Å². The minimum atomic E-state index is -4.10.